The average Bonchev–Trinajstić information content (AvgIpc) is 2.17. The standard InChI is InChI=1S/C12H13NO2S/c1-9-4-5-10(2)11(6-9)7-12(8-13)16(3,14)15/h4-7H,1-3H3/b12-7+. The van der Waals surface area contributed by atoms with Crippen molar-refractivity contribution in [3.05, 3.63) is 39.8 Å². The van der Waals surface area contributed by atoms with Crippen molar-refractivity contribution in [2.24, 2.45) is 0 Å². The minimum atomic E-state index is -3.44. The zero-order chi connectivity index (χ0) is 12.3. The molecule has 4 heteroatoms. The molecule has 3 nitrogen and oxygen atoms in total. The van der Waals surface area contributed by atoms with E-state index in [0.29, 0.717) is 0 Å². The van der Waals surface area contributed by atoms with E-state index in [2.05, 4.69) is 0 Å². The van der Waals surface area contributed by atoms with Crippen molar-refractivity contribution in [2.75, 3.05) is 6.26 Å². The van der Waals surface area contributed by atoms with Gasteiger partial charge in [-0.2, -0.15) is 5.26 Å². The van der Waals surface area contributed by atoms with Crippen LogP contribution in [0.4, 0.5) is 0 Å². The van der Waals surface area contributed by atoms with Crippen LogP contribution in [0.3, 0.4) is 0 Å². The molecule has 0 N–H and O–H groups in total. The molecule has 0 fully saturated rings. The van der Waals surface area contributed by atoms with Crippen LogP contribution >= 0.6 is 0 Å². The first kappa shape index (κ1) is 12.5. The SMILES string of the molecule is Cc1ccc(C)c(/C=C(\C#N)S(C)(=O)=O)c1. The summed E-state index contributed by atoms with van der Waals surface area (Å²) in [5, 5.41) is 8.79. The molecule has 0 aliphatic carbocycles. The summed E-state index contributed by atoms with van der Waals surface area (Å²) < 4.78 is 22.5. The van der Waals surface area contributed by atoms with Crippen molar-refractivity contribution in [1.29, 1.82) is 5.26 Å². The van der Waals surface area contributed by atoms with Crippen molar-refractivity contribution in [3.8, 4) is 6.07 Å². The highest BCUT2D eigenvalue weighted by molar-refractivity contribution is 7.95. The fourth-order valence-electron chi connectivity index (χ4n) is 1.28. The number of rotatable bonds is 2. The van der Waals surface area contributed by atoms with E-state index >= 15 is 0 Å². The van der Waals surface area contributed by atoms with Gasteiger partial charge in [0.15, 0.2) is 9.84 Å². The van der Waals surface area contributed by atoms with Gasteiger partial charge in [-0.3, -0.25) is 0 Å². The van der Waals surface area contributed by atoms with E-state index in [0.717, 1.165) is 22.9 Å². The summed E-state index contributed by atoms with van der Waals surface area (Å²) in [7, 11) is -3.44. The molecule has 0 saturated carbocycles. The van der Waals surface area contributed by atoms with E-state index in [9.17, 15) is 8.42 Å². The molecule has 0 bridgehead atoms. The van der Waals surface area contributed by atoms with Crippen molar-refractivity contribution < 1.29 is 8.42 Å². The van der Waals surface area contributed by atoms with E-state index in [1.54, 1.807) is 6.07 Å². The van der Waals surface area contributed by atoms with Crippen molar-refractivity contribution in [1.82, 2.24) is 0 Å². The lowest BCUT2D eigenvalue weighted by Gasteiger charge is -2.02. The molecule has 0 heterocycles. The van der Waals surface area contributed by atoms with Gasteiger partial charge >= 0.3 is 0 Å². The number of hydrogen-bond donors (Lipinski definition) is 0. The molecular weight excluding hydrogens is 222 g/mol. The predicted molar refractivity (Wildman–Crippen MR) is 64.3 cm³/mol. The van der Waals surface area contributed by atoms with Gasteiger partial charge < -0.3 is 0 Å². The summed E-state index contributed by atoms with van der Waals surface area (Å²) in [6.45, 7) is 3.80. The van der Waals surface area contributed by atoms with Gasteiger partial charge in [0.25, 0.3) is 0 Å². The second-order valence-corrected chi connectivity index (χ2v) is 5.74. The summed E-state index contributed by atoms with van der Waals surface area (Å²) >= 11 is 0. The zero-order valence-electron chi connectivity index (χ0n) is 9.48. The summed E-state index contributed by atoms with van der Waals surface area (Å²) in [6, 6.07) is 7.41. The smallest absolute Gasteiger partial charge is 0.185 e. The fraction of sp³-hybridized carbons (Fsp3) is 0.250. The first-order valence-electron chi connectivity index (χ1n) is 4.73. The molecule has 84 valence electrons. The highest BCUT2D eigenvalue weighted by atomic mass is 32.2. The Bertz CT molecular complexity index is 578. The number of hydrogen-bond acceptors (Lipinski definition) is 3. The van der Waals surface area contributed by atoms with Gasteiger partial charge in [-0.05, 0) is 31.1 Å². The Morgan fingerprint density at radius 2 is 2.00 bits per heavy atom. The largest absolute Gasteiger partial charge is 0.223 e. The van der Waals surface area contributed by atoms with E-state index in [1.165, 1.54) is 6.08 Å². The second-order valence-electron chi connectivity index (χ2n) is 3.75. The van der Waals surface area contributed by atoms with Gasteiger partial charge in [0.05, 0.1) is 0 Å². The lowest BCUT2D eigenvalue weighted by Crippen LogP contribution is -1.98. The molecule has 0 spiro atoms. The number of nitrogens with zero attached hydrogens (tertiary/aromatic N) is 1. The topological polar surface area (TPSA) is 57.9 Å². The Hall–Kier alpha value is -1.60. The maximum Gasteiger partial charge on any atom is 0.185 e. The molecule has 1 rings (SSSR count). The molecule has 0 atom stereocenters. The maximum absolute atomic E-state index is 11.3. The highest BCUT2D eigenvalue weighted by Crippen LogP contribution is 2.16. The molecule has 1 aromatic rings. The van der Waals surface area contributed by atoms with Crippen LogP contribution < -0.4 is 0 Å². The molecule has 0 aliphatic rings. The quantitative estimate of drug-likeness (QED) is 0.738. The third kappa shape index (κ3) is 2.94. The molecule has 0 aliphatic heterocycles. The Labute approximate surface area is 95.9 Å². The molecule has 0 saturated heterocycles. The number of allylic oxidation sites excluding steroid dienone is 1. The van der Waals surface area contributed by atoms with Crippen molar-refractivity contribution in [2.45, 2.75) is 13.8 Å². The fourth-order valence-corrected chi connectivity index (χ4v) is 1.79. The van der Waals surface area contributed by atoms with Crippen LogP contribution in [0.25, 0.3) is 6.08 Å². The van der Waals surface area contributed by atoms with Gasteiger partial charge in [-0.25, -0.2) is 8.42 Å². The summed E-state index contributed by atoms with van der Waals surface area (Å²) in [6.07, 6.45) is 2.45. The lowest BCUT2D eigenvalue weighted by atomic mass is 10.1. The van der Waals surface area contributed by atoms with E-state index in [-0.39, 0.29) is 4.91 Å². The molecule has 16 heavy (non-hydrogen) atoms. The highest BCUT2D eigenvalue weighted by Gasteiger charge is 2.10. The van der Waals surface area contributed by atoms with E-state index < -0.39 is 9.84 Å². The average molecular weight is 235 g/mol. The van der Waals surface area contributed by atoms with Gasteiger partial charge in [-0.1, -0.05) is 23.8 Å². The Balaban J connectivity index is 3.37. The summed E-state index contributed by atoms with van der Waals surface area (Å²) in [5.74, 6) is 0. The molecule has 1 aromatic carbocycles. The molecule has 0 unspecified atom stereocenters. The van der Waals surface area contributed by atoms with Crippen LogP contribution in [-0.2, 0) is 9.84 Å². The van der Waals surface area contributed by atoms with Crippen LogP contribution in [0.5, 0.6) is 0 Å². The molecule has 0 radical (unpaired) electrons. The van der Waals surface area contributed by atoms with E-state index in [1.807, 2.05) is 32.0 Å². The number of benzene rings is 1. The van der Waals surface area contributed by atoms with Crippen molar-refractivity contribution >= 4 is 15.9 Å². The number of nitriles is 1. The lowest BCUT2D eigenvalue weighted by molar-refractivity contribution is 0.609. The van der Waals surface area contributed by atoms with Gasteiger partial charge in [0.2, 0.25) is 0 Å². The first-order chi connectivity index (χ1) is 7.34. The van der Waals surface area contributed by atoms with Gasteiger partial charge in [-0.15, -0.1) is 0 Å². The minimum Gasteiger partial charge on any atom is -0.223 e. The molecule has 0 aromatic heterocycles. The monoisotopic (exact) mass is 235 g/mol. The third-order valence-electron chi connectivity index (χ3n) is 2.23. The minimum absolute atomic E-state index is 0.207. The van der Waals surface area contributed by atoms with Crippen LogP contribution in [0.15, 0.2) is 23.1 Å². The Morgan fingerprint density at radius 3 is 2.50 bits per heavy atom. The zero-order valence-corrected chi connectivity index (χ0v) is 10.3. The van der Waals surface area contributed by atoms with Crippen LogP contribution in [0.1, 0.15) is 16.7 Å². The normalized spacial score (nSPS) is 12.2. The maximum atomic E-state index is 11.3. The predicted octanol–water partition coefficient (Wildman–Crippen LogP) is 2.21. The molecular formula is C12H13NO2S. The Kier molecular flexibility index (Phi) is 3.51. The number of sulfone groups is 1. The number of aryl methyl sites for hydroxylation is 2. The van der Waals surface area contributed by atoms with Crippen LogP contribution in [-0.4, -0.2) is 14.7 Å². The Morgan fingerprint density at radius 1 is 1.38 bits per heavy atom. The van der Waals surface area contributed by atoms with Crippen LogP contribution in [0, 0.1) is 25.2 Å². The third-order valence-corrected chi connectivity index (χ3v) is 3.24. The van der Waals surface area contributed by atoms with Gasteiger partial charge in [0.1, 0.15) is 11.0 Å². The molecule has 0 amide bonds. The summed E-state index contributed by atoms with van der Waals surface area (Å²) in [5.41, 5.74) is 2.74. The van der Waals surface area contributed by atoms with E-state index in [4.69, 9.17) is 5.26 Å². The van der Waals surface area contributed by atoms with Gasteiger partial charge in [0, 0.05) is 6.26 Å². The van der Waals surface area contributed by atoms with Crippen molar-refractivity contribution in [3.63, 3.8) is 0 Å². The first-order valence-corrected chi connectivity index (χ1v) is 6.63. The second kappa shape index (κ2) is 4.50. The summed E-state index contributed by atoms with van der Waals surface area (Å²) in [4.78, 5) is -0.207. The van der Waals surface area contributed by atoms with Crippen LogP contribution in [0.2, 0.25) is 0 Å².